The second-order valence-corrected chi connectivity index (χ2v) is 7.38. The van der Waals surface area contributed by atoms with Crippen LogP contribution in [0.4, 0.5) is 5.69 Å². The van der Waals surface area contributed by atoms with Crippen LogP contribution in [-0.4, -0.2) is 24.5 Å². The Morgan fingerprint density at radius 3 is 2.70 bits per heavy atom. The average Bonchev–Trinajstić information content (AvgIpc) is 2.73. The van der Waals surface area contributed by atoms with Crippen molar-refractivity contribution in [3.63, 3.8) is 0 Å². The van der Waals surface area contributed by atoms with Crippen molar-refractivity contribution in [2.75, 3.05) is 11.9 Å². The summed E-state index contributed by atoms with van der Waals surface area (Å²) in [6, 6.07) is 13.5. The number of para-hydroxylation sites is 1. The van der Waals surface area contributed by atoms with Crippen LogP contribution in [0, 0.1) is 0 Å². The van der Waals surface area contributed by atoms with Crippen molar-refractivity contribution in [1.29, 1.82) is 0 Å². The lowest BCUT2D eigenvalue weighted by atomic mass is 10.1. The number of ether oxygens (including phenoxy) is 2. The first-order chi connectivity index (χ1) is 14.5. The van der Waals surface area contributed by atoms with Gasteiger partial charge in [0.15, 0.2) is 11.5 Å². The third-order valence-electron chi connectivity index (χ3n) is 4.85. The van der Waals surface area contributed by atoms with Crippen LogP contribution in [-0.2, 0) is 16.0 Å². The topological polar surface area (TPSA) is 90.6 Å². The number of carbonyl (C=O) groups excluding carboxylic acids is 2. The quantitative estimate of drug-likeness (QED) is 0.483. The summed E-state index contributed by atoms with van der Waals surface area (Å²) in [7, 11) is 0. The molecule has 0 bridgehead atoms. The Labute approximate surface area is 177 Å². The van der Waals surface area contributed by atoms with Crippen molar-refractivity contribution in [1.82, 2.24) is 0 Å². The molecule has 30 heavy (non-hydrogen) atoms. The molecule has 158 valence electrons. The molecule has 0 saturated heterocycles. The second-order valence-electron chi connectivity index (χ2n) is 7.38. The molecule has 1 atom stereocenters. The molecule has 1 heterocycles. The van der Waals surface area contributed by atoms with Gasteiger partial charge in [0, 0.05) is 6.08 Å². The molecule has 1 aliphatic heterocycles. The Kier molecular flexibility index (Phi) is 7.49. The van der Waals surface area contributed by atoms with Gasteiger partial charge in [0.2, 0.25) is 11.8 Å². The van der Waals surface area contributed by atoms with Gasteiger partial charge in [0.05, 0.1) is 12.1 Å². The minimum absolute atomic E-state index is 0.0517. The summed E-state index contributed by atoms with van der Waals surface area (Å²) in [4.78, 5) is 23.6. The number of primary amides is 1. The van der Waals surface area contributed by atoms with Crippen molar-refractivity contribution in [3.8, 4) is 11.5 Å². The van der Waals surface area contributed by atoms with Crippen molar-refractivity contribution in [2.24, 2.45) is 5.73 Å². The van der Waals surface area contributed by atoms with E-state index in [0.717, 1.165) is 12.0 Å². The zero-order chi connectivity index (χ0) is 21.3. The maximum Gasteiger partial charge on any atom is 0.248 e. The highest BCUT2D eigenvalue weighted by Crippen LogP contribution is 2.39. The molecule has 6 nitrogen and oxygen atoms in total. The summed E-state index contributed by atoms with van der Waals surface area (Å²) in [5.74, 6) is 0.188. The summed E-state index contributed by atoms with van der Waals surface area (Å²) in [5, 5.41) is 2.81. The predicted octanol–water partition coefficient (Wildman–Crippen LogP) is 4.09. The molecule has 3 N–H and O–H groups in total. The first kappa shape index (κ1) is 21.4. The molecule has 0 fully saturated rings. The van der Waals surface area contributed by atoms with Gasteiger partial charge in [-0.05, 0) is 42.2 Å². The van der Waals surface area contributed by atoms with Gasteiger partial charge >= 0.3 is 0 Å². The molecule has 1 aliphatic rings. The highest BCUT2D eigenvalue weighted by molar-refractivity contribution is 6.03. The third kappa shape index (κ3) is 6.11. The van der Waals surface area contributed by atoms with Crippen LogP contribution in [0.15, 0.2) is 48.5 Å². The minimum atomic E-state index is -0.473. The number of unbranched alkanes of at least 4 members (excludes halogenated alkanes) is 2. The van der Waals surface area contributed by atoms with E-state index in [1.807, 2.05) is 12.1 Å². The van der Waals surface area contributed by atoms with Gasteiger partial charge in [-0.2, -0.15) is 0 Å². The van der Waals surface area contributed by atoms with Crippen LogP contribution in [0.3, 0.4) is 0 Å². The van der Waals surface area contributed by atoms with Gasteiger partial charge in [-0.15, -0.1) is 0 Å². The van der Waals surface area contributed by atoms with Crippen LogP contribution in [0.5, 0.6) is 11.5 Å². The number of benzene rings is 2. The monoisotopic (exact) mass is 408 g/mol. The number of aryl methyl sites for hydroxylation is 1. The van der Waals surface area contributed by atoms with E-state index in [0.29, 0.717) is 17.2 Å². The normalized spacial score (nSPS) is 15.2. The zero-order valence-corrected chi connectivity index (χ0v) is 17.2. The van der Waals surface area contributed by atoms with Crippen molar-refractivity contribution in [3.05, 3.63) is 59.7 Å². The number of amides is 2. The van der Waals surface area contributed by atoms with E-state index in [2.05, 4.69) is 24.4 Å². The summed E-state index contributed by atoms with van der Waals surface area (Å²) in [6.07, 6.45) is 7.56. The molecule has 2 aromatic rings. The fourth-order valence-corrected chi connectivity index (χ4v) is 3.28. The van der Waals surface area contributed by atoms with Gasteiger partial charge in [0.1, 0.15) is 12.7 Å². The number of fused-ring (bicyclic) bond motifs is 1. The van der Waals surface area contributed by atoms with E-state index in [4.69, 9.17) is 15.2 Å². The van der Waals surface area contributed by atoms with Gasteiger partial charge < -0.3 is 20.5 Å². The molecule has 6 heteroatoms. The predicted molar refractivity (Wildman–Crippen MR) is 117 cm³/mol. The molecule has 1 unspecified atom stereocenters. The van der Waals surface area contributed by atoms with Gasteiger partial charge in [-0.3, -0.25) is 9.59 Å². The first-order valence-corrected chi connectivity index (χ1v) is 10.3. The molecule has 0 saturated carbocycles. The smallest absolute Gasteiger partial charge is 0.248 e. The minimum Gasteiger partial charge on any atom is -0.486 e. The van der Waals surface area contributed by atoms with E-state index >= 15 is 0 Å². The fraction of sp³-hybridized carbons (Fsp3) is 0.333. The van der Waals surface area contributed by atoms with Crippen molar-refractivity contribution >= 4 is 23.6 Å². The Bertz CT molecular complexity index is 906. The summed E-state index contributed by atoms with van der Waals surface area (Å²) >= 11 is 0. The Hall–Kier alpha value is -3.28. The van der Waals surface area contributed by atoms with Crippen LogP contribution < -0.4 is 20.5 Å². The standard InChI is InChI=1S/C24H28N2O4/c1-2-3-4-6-17-9-11-18(12-10-17)13-14-23(28)26-20-7-5-8-21-24(20)30-19(16-29-21)15-22(25)27/h5,7-14,19H,2-4,6,15-16H2,1H3,(H2,25,27)(H,26,28). The molecule has 0 aliphatic carbocycles. The van der Waals surface area contributed by atoms with E-state index in [9.17, 15) is 9.59 Å². The van der Waals surface area contributed by atoms with Gasteiger partial charge in [0.25, 0.3) is 0 Å². The summed E-state index contributed by atoms with van der Waals surface area (Å²) in [6.45, 7) is 2.43. The van der Waals surface area contributed by atoms with E-state index in [1.54, 1.807) is 24.3 Å². The molecule has 0 spiro atoms. The molecule has 2 amide bonds. The largest absolute Gasteiger partial charge is 0.486 e. The first-order valence-electron chi connectivity index (χ1n) is 10.3. The van der Waals surface area contributed by atoms with Gasteiger partial charge in [-0.1, -0.05) is 50.1 Å². The molecule has 2 aromatic carbocycles. The Morgan fingerprint density at radius 1 is 1.17 bits per heavy atom. The number of nitrogens with one attached hydrogen (secondary N) is 1. The summed E-state index contributed by atoms with van der Waals surface area (Å²) < 4.78 is 11.5. The number of rotatable bonds is 9. The number of hydrogen-bond donors (Lipinski definition) is 2. The number of nitrogens with two attached hydrogens (primary N) is 1. The maximum absolute atomic E-state index is 12.4. The zero-order valence-electron chi connectivity index (χ0n) is 17.2. The highest BCUT2D eigenvalue weighted by atomic mass is 16.6. The second kappa shape index (κ2) is 10.5. The van der Waals surface area contributed by atoms with E-state index in [1.165, 1.54) is 30.9 Å². The Morgan fingerprint density at radius 2 is 1.97 bits per heavy atom. The van der Waals surface area contributed by atoms with E-state index in [-0.39, 0.29) is 18.9 Å². The SMILES string of the molecule is CCCCCc1ccc(C=CC(=O)Nc2cccc3c2OC(CC(N)=O)CO3)cc1. The van der Waals surface area contributed by atoms with Gasteiger partial charge in [-0.25, -0.2) is 0 Å². The molecular formula is C24H28N2O4. The van der Waals surface area contributed by atoms with Crippen molar-refractivity contribution in [2.45, 2.75) is 45.1 Å². The summed E-state index contributed by atoms with van der Waals surface area (Å²) in [5.41, 5.74) is 8.00. The molecule has 0 radical (unpaired) electrons. The molecule has 3 rings (SSSR count). The number of anilines is 1. The molecular weight excluding hydrogens is 380 g/mol. The fourth-order valence-electron chi connectivity index (χ4n) is 3.28. The van der Waals surface area contributed by atoms with Crippen molar-refractivity contribution < 1.29 is 19.1 Å². The lowest BCUT2D eigenvalue weighted by Gasteiger charge is -2.27. The van der Waals surface area contributed by atoms with Crippen LogP contribution in [0.25, 0.3) is 6.08 Å². The molecule has 0 aromatic heterocycles. The van der Waals surface area contributed by atoms with E-state index < -0.39 is 12.0 Å². The lowest BCUT2D eigenvalue weighted by molar-refractivity contribution is -0.120. The third-order valence-corrected chi connectivity index (χ3v) is 4.85. The lowest BCUT2D eigenvalue weighted by Crippen LogP contribution is -2.33. The van der Waals surface area contributed by atoms with Crippen LogP contribution in [0.1, 0.15) is 43.7 Å². The number of hydrogen-bond acceptors (Lipinski definition) is 4. The maximum atomic E-state index is 12.4. The number of carbonyl (C=O) groups is 2. The highest BCUT2D eigenvalue weighted by Gasteiger charge is 2.25. The average molecular weight is 408 g/mol. The van der Waals surface area contributed by atoms with Crippen LogP contribution >= 0.6 is 0 Å². The van der Waals surface area contributed by atoms with Crippen LogP contribution in [0.2, 0.25) is 0 Å². The Balaban J connectivity index is 1.61.